The minimum atomic E-state index is -0.285. The predicted octanol–water partition coefficient (Wildman–Crippen LogP) is 2.95. The van der Waals surface area contributed by atoms with E-state index < -0.39 is 0 Å². The van der Waals surface area contributed by atoms with Gasteiger partial charge in [-0.2, -0.15) is 0 Å². The van der Waals surface area contributed by atoms with Gasteiger partial charge in [-0.05, 0) is 36.2 Å². The second kappa shape index (κ2) is 7.77. The lowest BCUT2D eigenvalue weighted by molar-refractivity contribution is 0.252. The van der Waals surface area contributed by atoms with Crippen LogP contribution in [0.2, 0.25) is 0 Å². The van der Waals surface area contributed by atoms with Crippen LogP contribution in [0.5, 0.6) is 11.5 Å². The van der Waals surface area contributed by atoms with Gasteiger partial charge in [0.25, 0.3) is 0 Å². The number of ether oxygens (including phenoxy) is 2. The van der Waals surface area contributed by atoms with E-state index in [1.54, 1.807) is 38.6 Å². The zero-order valence-corrected chi connectivity index (χ0v) is 15.1. The molecule has 0 aliphatic heterocycles. The van der Waals surface area contributed by atoms with Crippen molar-refractivity contribution in [3.05, 3.63) is 48.3 Å². The molecule has 2 aromatic heterocycles. The van der Waals surface area contributed by atoms with Crippen LogP contribution in [0.15, 0.2) is 42.7 Å². The monoisotopic (exact) mass is 354 g/mol. The first-order chi connectivity index (χ1) is 12.6. The van der Waals surface area contributed by atoms with Gasteiger partial charge in [0, 0.05) is 37.4 Å². The van der Waals surface area contributed by atoms with Gasteiger partial charge in [-0.25, -0.2) is 9.78 Å². The van der Waals surface area contributed by atoms with E-state index in [2.05, 4.69) is 15.6 Å². The van der Waals surface area contributed by atoms with E-state index in [-0.39, 0.29) is 6.03 Å². The molecule has 0 radical (unpaired) electrons. The first-order valence-corrected chi connectivity index (χ1v) is 8.28. The number of aryl methyl sites for hydroxylation is 1. The van der Waals surface area contributed by atoms with E-state index in [9.17, 15) is 4.79 Å². The van der Waals surface area contributed by atoms with Crippen LogP contribution in [-0.4, -0.2) is 36.3 Å². The number of urea groups is 1. The fraction of sp³-hybridized carbons (Fsp3) is 0.263. The van der Waals surface area contributed by atoms with Crippen molar-refractivity contribution in [3.63, 3.8) is 0 Å². The Labute approximate surface area is 151 Å². The van der Waals surface area contributed by atoms with Gasteiger partial charge in [-0.15, -0.1) is 0 Å². The average Bonchev–Trinajstić information content (AvgIpc) is 2.98. The van der Waals surface area contributed by atoms with Crippen LogP contribution < -0.4 is 20.1 Å². The smallest absolute Gasteiger partial charge is 0.319 e. The summed E-state index contributed by atoms with van der Waals surface area (Å²) in [4.78, 5) is 16.5. The van der Waals surface area contributed by atoms with Crippen LogP contribution in [0.3, 0.4) is 0 Å². The van der Waals surface area contributed by atoms with Gasteiger partial charge in [0.15, 0.2) is 0 Å². The lowest BCUT2D eigenvalue weighted by atomic mass is 10.1. The average molecular weight is 354 g/mol. The summed E-state index contributed by atoms with van der Waals surface area (Å²) in [6, 6.07) is 8.90. The van der Waals surface area contributed by atoms with Gasteiger partial charge in [0.05, 0.1) is 19.9 Å². The quantitative estimate of drug-likeness (QED) is 0.713. The first kappa shape index (κ1) is 17.6. The van der Waals surface area contributed by atoms with Crippen molar-refractivity contribution in [1.29, 1.82) is 0 Å². The Bertz CT molecular complexity index is 920. The molecule has 7 heteroatoms. The molecule has 0 saturated heterocycles. The lowest BCUT2D eigenvalue weighted by Gasteiger charge is -2.12. The van der Waals surface area contributed by atoms with Crippen molar-refractivity contribution in [3.8, 4) is 11.5 Å². The van der Waals surface area contributed by atoms with Crippen LogP contribution in [-0.2, 0) is 13.5 Å². The Morgan fingerprint density at radius 2 is 2.08 bits per heavy atom. The van der Waals surface area contributed by atoms with Gasteiger partial charge in [-0.1, -0.05) is 0 Å². The Kier molecular flexibility index (Phi) is 5.26. The second-order valence-electron chi connectivity index (χ2n) is 5.84. The molecular weight excluding hydrogens is 332 g/mol. The highest BCUT2D eigenvalue weighted by atomic mass is 16.5. The number of nitrogens with one attached hydrogen (secondary N) is 2. The van der Waals surface area contributed by atoms with Gasteiger partial charge in [0.1, 0.15) is 17.1 Å². The molecule has 2 amide bonds. The third-order valence-corrected chi connectivity index (χ3v) is 4.15. The predicted molar refractivity (Wildman–Crippen MR) is 101 cm³/mol. The molecule has 2 heterocycles. The molecule has 7 nitrogen and oxygen atoms in total. The van der Waals surface area contributed by atoms with Crippen LogP contribution in [0.25, 0.3) is 11.0 Å². The Balaban J connectivity index is 1.59. The zero-order chi connectivity index (χ0) is 18.5. The molecule has 136 valence electrons. The number of hydrogen-bond acceptors (Lipinski definition) is 4. The molecule has 1 aromatic carbocycles. The molecule has 0 spiro atoms. The number of anilines is 1. The lowest BCUT2D eigenvalue weighted by Crippen LogP contribution is -2.30. The first-order valence-electron chi connectivity index (χ1n) is 8.28. The van der Waals surface area contributed by atoms with Crippen molar-refractivity contribution in [2.45, 2.75) is 6.42 Å². The van der Waals surface area contributed by atoms with Crippen molar-refractivity contribution in [2.24, 2.45) is 7.05 Å². The maximum atomic E-state index is 12.2. The van der Waals surface area contributed by atoms with Crippen molar-refractivity contribution < 1.29 is 14.3 Å². The molecular formula is C19H22N4O3. The van der Waals surface area contributed by atoms with Gasteiger partial charge < -0.3 is 24.7 Å². The van der Waals surface area contributed by atoms with Crippen LogP contribution in [0.1, 0.15) is 5.56 Å². The van der Waals surface area contributed by atoms with E-state index in [4.69, 9.17) is 9.47 Å². The van der Waals surface area contributed by atoms with Crippen LogP contribution in [0.4, 0.5) is 10.5 Å². The number of fused-ring (bicyclic) bond motifs is 1. The third kappa shape index (κ3) is 3.72. The molecule has 0 unspecified atom stereocenters. The minimum absolute atomic E-state index is 0.285. The summed E-state index contributed by atoms with van der Waals surface area (Å²) in [7, 11) is 5.10. The summed E-state index contributed by atoms with van der Waals surface area (Å²) in [6.45, 7) is 0.512. The molecule has 3 rings (SSSR count). The number of pyridine rings is 1. The topological polar surface area (TPSA) is 77.4 Å². The van der Waals surface area contributed by atoms with Gasteiger partial charge in [-0.3, -0.25) is 0 Å². The molecule has 26 heavy (non-hydrogen) atoms. The van der Waals surface area contributed by atoms with E-state index in [1.807, 2.05) is 29.9 Å². The molecule has 2 N–H and O–H groups in total. The molecule has 0 bridgehead atoms. The summed E-state index contributed by atoms with van der Waals surface area (Å²) in [5.74, 6) is 1.21. The fourth-order valence-electron chi connectivity index (χ4n) is 2.87. The van der Waals surface area contributed by atoms with Crippen LogP contribution >= 0.6 is 0 Å². The summed E-state index contributed by atoms with van der Waals surface area (Å²) in [6.07, 6.45) is 4.54. The van der Waals surface area contributed by atoms with E-state index >= 15 is 0 Å². The Hall–Kier alpha value is -3.22. The molecule has 0 saturated carbocycles. The number of carbonyl (C=O) groups excluding carboxylic acids is 1. The number of methoxy groups -OCH3 is 2. The normalized spacial score (nSPS) is 10.6. The third-order valence-electron chi connectivity index (χ3n) is 4.15. The highest BCUT2D eigenvalue weighted by molar-refractivity contribution is 5.91. The van der Waals surface area contributed by atoms with Crippen molar-refractivity contribution in [2.75, 3.05) is 26.1 Å². The van der Waals surface area contributed by atoms with Gasteiger partial charge >= 0.3 is 6.03 Å². The largest absolute Gasteiger partial charge is 0.497 e. The number of carbonyl (C=O) groups is 1. The number of amides is 2. The number of rotatable bonds is 6. The van der Waals surface area contributed by atoms with E-state index in [0.29, 0.717) is 23.7 Å². The number of benzene rings is 1. The fourth-order valence-corrected chi connectivity index (χ4v) is 2.87. The minimum Gasteiger partial charge on any atom is -0.497 e. The zero-order valence-electron chi connectivity index (χ0n) is 15.1. The summed E-state index contributed by atoms with van der Waals surface area (Å²) in [5.41, 5.74) is 2.67. The van der Waals surface area contributed by atoms with Crippen molar-refractivity contribution in [1.82, 2.24) is 14.9 Å². The number of aromatic nitrogens is 2. The Morgan fingerprint density at radius 1 is 1.23 bits per heavy atom. The van der Waals surface area contributed by atoms with E-state index in [0.717, 1.165) is 23.0 Å². The number of hydrogen-bond donors (Lipinski definition) is 2. The van der Waals surface area contributed by atoms with E-state index in [1.165, 1.54) is 0 Å². The molecule has 3 aromatic rings. The Morgan fingerprint density at radius 3 is 2.85 bits per heavy atom. The van der Waals surface area contributed by atoms with Crippen molar-refractivity contribution >= 4 is 22.8 Å². The molecule has 0 aliphatic rings. The SMILES string of the molecule is COc1ccc(NC(=O)NCCc2cn(C)c3ncccc23)c(OC)c1. The maximum Gasteiger partial charge on any atom is 0.319 e. The maximum absolute atomic E-state index is 12.2. The highest BCUT2D eigenvalue weighted by Gasteiger charge is 2.10. The summed E-state index contributed by atoms with van der Waals surface area (Å²) in [5, 5.41) is 6.77. The molecule has 0 aliphatic carbocycles. The molecule has 0 atom stereocenters. The highest BCUT2D eigenvalue weighted by Crippen LogP contribution is 2.28. The van der Waals surface area contributed by atoms with Crippen LogP contribution in [0, 0.1) is 0 Å². The second-order valence-corrected chi connectivity index (χ2v) is 5.84. The standard InChI is InChI=1S/C19H22N4O3/c1-23-12-13(15-5-4-9-20-18(15)23)8-10-21-19(24)22-16-7-6-14(25-2)11-17(16)26-3/h4-7,9,11-12H,8,10H2,1-3H3,(H2,21,22,24). The summed E-state index contributed by atoms with van der Waals surface area (Å²) < 4.78 is 12.4. The number of nitrogens with zero attached hydrogens (tertiary/aromatic N) is 2. The molecule has 0 fully saturated rings. The van der Waals surface area contributed by atoms with Gasteiger partial charge in [0.2, 0.25) is 0 Å². The summed E-state index contributed by atoms with van der Waals surface area (Å²) >= 11 is 0.